The highest BCUT2D eigenvalue weighted by Gasteiger charge is 2.18. The second kappa shape index (κ2) is 7.86. The van der Waals surface area contributed by atoms with Gasteiger partial charge >= 0.3 is 5.97 Å². The highest BCUT2D eigenvalue weighted by molar-refractivity contribution is 6.31. The number of ether oxygens (including phenoxy) is 3. The van der Waals surface area contributed by atoms with Gasteiger partial charge in [0.25, 0.3) is 0 Å². The predicted molar refractivity (Wildman–Crippen MR) is 71.6 cm³/mol. The molecule has 0 atom stereocenters. The monoisotopic (exact) mass is 288 g/mol. The molecule has 0 aromatic heterocycles. The van der Waals surface area contributed by atoms with Crippen LogP contribution in [0.2, 0.25) is 5.02 Å². The lowest BCUT2D eigenvalue weighted by Crippen LogP contribution is -2.11. The Morgan fingerprint density at radius 2 is 2.05 bits per heavy atom. The molecule has 0 aliphatic rings. The first-order valence-corrected chi connectivity index (χ1v) is 6.29. The minimum Gasteiger partial charge on any atom is -0.493 e. The first-order chi connectivity index (χ1) is 9.10. The molecule has 1 N–H and O–H groups in total. The predicted octanol–water partition coefficient (Wildman–Crippen LogP) is 2.85. The van der Waals surface area contributed by atoms with Crippen LogP contribution in [0.25, 0.3) is 0 Å². The Labute approximate surface area is 117 Å². The molecular formula is C13H17ClO5. The average Bonchev–Trinajstić information content (AvgIpc) is 2.38. The van der Waals surface area contributed by atoms with E-state index in [0.717, 1.165) is 6.42 Å². The molecule has 0 aliphatic heterocycles. The summed E-state index contributed by atoms with van der Waals surface area (Å²) in [6.07, 6.45) is 0.921. The van der Waals surface area contributed by atoms with Crippen LogP contribution in [0.5, 0.6) is 11.5 Å². The Morgan fingerprint density at radius 3 is 2.63 bits per heavy atom. The Hall–Kier alpha value is -1.46. The van der Waals surface area contributed by atoms with Crippen molar-refractivity contribution in [2.24, 2.45) is 0 Å². The van der Waals surface area contributed by atoms with Crippen molar-refractivity contribution < 1.29 is 24.1 Å². The number of carboxylic acids is 1. The van der Waals surface area contributed by atoms with E-state index in [1.54, 1.807) is 0 Å². The zero-order valence-corrected chi connectivity index (χ0v) is 11.7. The summed E-state index contributed by atoms with van der Waals surface area (Å²) in [7, 11) is 1.43. The standard InChI is InChI=1S/C13H17ClO5/c1-3-4-18-5-6-19-12-10(13(15)16)7-9(14)8-11(12)17-2/h7-8H,3-6H2,1-2H3,(H,15,16). The number of benzene rings is 1. The largest absolute Gasteiger partial charge is 0.493 e. The molecule has 0 amide bonds. The van der Waals surface area contributed by atoms with Crippen LogP contribution in [0.15, 0.2) is 12.1 Å². The highest BCUT2D eigenvalue weighted by Crippen LogP contribution is 2.34. The van der Waals surface area contributed by atoms with Crippen LogP contribution < -0.4 is 9.47 Å². The molecule has 0 unspecified atom stereocenters. The van der Waals surface area contributed by atoms with Gasteiger partial charge in [0.1, 0.15) is 12.2 Å². The van der Waals surface area contributed by atoms with Crippen LogP contribution in [0.3, 0.4) is 0 Å². The molecule has 0 fully saturated rings. The SMILES string of the molecule is CCCOCCOc1c(OC)cc(Cl)cc1C(=O)O. The van der Waals surface area contributed by atoms with Crippen LogP contribution in [0.1, 0.15) is 23.7 Å². The zero-order valence-electron chi connectivity index (χ0n) is 10.9. The van der Waals surface area contributed by atoms with Gasteiger partial charge in [-0.15, -0.1) is 0 Å². The molecule has 106 valence electrons. The third-order valence-corrected chi connectivity index (χ3v) is 2.51. The van der Waals surface area contributed by atoms with Gasteiger partial charge in [-0.1, -0.05) is 18.5 Å². The molecule has 0 bridgehead atoms. The van der Waals surface area contributed by atoms with Gasteiger partial charge in [-0.25, -0.2) is 4.79 Å². The lowest BCUT2D eigenvalue weighted by molar-refractivity contribution is 0.0683. The van der Waals surface area contributed by atoms with E-state index < -0.39 is 5.97 Å². The lowest BCUT2D eigenvalue weighted by Gasteiger charge is -2.13. The summed E-state index contributed by atoms with van der Waals surface area (Å²) in [5.74, 6) is -0.662. The van der Waals surface area contributed by atoms with Gasteiger partial charge in [0.05, 0.1) is 13.7 Å². The van der Waals surface area contributed by atoms with Crippen molar-refractivity contribution in [3.8, 4) is 11.5 Å². The number of methoxy groups -OCH3 is 1. The molecule has 1 rings (SSSR count). The topological polar surface area (TPSA) is 65.0 Å². The fourth-order valence-corrected chi connectivity index (χ4v) is 1.69. The summed E-state index contributed by atoms with van der Waals surface area (Å²) in [6, 6.07) is 2.84. The molecule has 0 saturated heterocycles. The maximum atomic E-state index is 11.2. The molecule has 0 saturated carbocycles. The second-order valence-electron chi connectivity index (χ2n) is 3.75. The summed E-state index contributed by atoms with van der Waals surface area (Å²) in [5.41, 5.74) is -0.0279. The van der Waals surface area contributed by atoms with E-state index in [2.05, 4.69) is 0 Å². The molecule has 1 aromatic rings. The van der Waals surface area contributed by atoms with E-state index in [0.29, 0.717) is 19.0 Å². The molecule has 1 aromatic carbocycles. The lowest BCUT2D eigenvalue weighted by atomic mass is 10.2. The Bertz CT molecular complexity index is 433. The Balaban J connectivity index is 2.81. The van der Waals surface area contributed by atoms with Crippen molar-refractivity contribution in [2.75, 3.05) is 26.9 Å². The van der Waals surface area contributed by atoms with Crippen LogP contribution in [-0.2, 0) is 4.74 Å². The molecule has 0 spiro atoms. The third kappa shape index (κ3) is 4.61. The van der Waals surface area contributed by atoms with Crippen LogP contribution in [0.4, 0.5) is 0 Å². The third-order valence-electron chi connectivity index (χ3n) is 2.29. The van der Waals surface area contributed by atoms with E-state index in [9.17, 15) is 4.79 Å². The quantitative estimate of drug-likeness (QED) is 0.745. The number of hydrogen-bond donors (Lipinski definition) is 1. The van der Waals surface area contributed by atoms with Gasteiger partial charge in [0, 0.05) is 17.7 Å². The molecule has 0 heterocycles. The molecule has 0 radical (unpaired) electrons. The first-order valence-electron chi connectivity index (χ1n) is 5.91. The van der Waals surface area contributed by atoms with Crippen LogP contribution >= 0.6 is 11.6 Å². The second-order valence-corrected chi connectivity index (χ2v) is 4.19. The van der Waals surface area contributed by atoms with Crippen molar-refractivity contribution in [1.29, 1.82) is 0 Å². The van der Waals surface area contributed by atoms with E-state index in [1.807, 2.05) is 6.92 Å². The maximum Gasteiger partial charge on any atom is 0.339 e. The van der Waals surface area contributed by atoms with Gasteiger partial charge < -0.3 is 19.3 Å². The molecule has 19 heavy (non-hydrogen) atoms. The fraction of sp³-hybridized carbons (Fsp3) is 0.462. The molecule has 5 nitrogen and oxygen atoms in total. The van der Waals surface area contributed by atoms with Crippen molar-refractivity contribution in [1.82, 2.24) is 0 Å². The van der Waals surface area contributed by atoms with E-state index >= 15 is 0 Å². The van der Waals surface area contributed by atoms with Crippen molar-refractivity contribution in [3.63, 3.8) is 0 Å². The minimum absolute atomic E-state index is 0.0279. The smallest absolute Gasteiger partial charge is 0.339 e. The zero-order chi connectivity index (χ0) is 14.3. The van der Waals surface area contributed by atoms with Gasteiger partial charge in [-0.2, -0.15) is 0 Å². The van der Waals surface area contributed by atoms with Crippen molar-refractivity contribution in [2.45, 2.75) is 13.3 Å². The van der Waals surface area contributed by atoms with Crippen molar-refractivity contribution >= 4 is 17.6 Å². The van der Waals surface area contributed by atoms with E-state index in [-0.39, 0.29) is 22.9 Å². The first kappa shape index (κ1) is 15.6. The highest BCUT2D eigenvalue weighted by atomic mass is 35.5. The molecule has 6 heteroatoms. The fourth-order valence-electron chi connectivity index (χ4n) is 1.48. The Kier molecular flexibility index (Phi) is 6.45. The molecular weight excluding hydrogens is 272 g/mol. The normalized spacial score (nSPS) is 10.3. The number of halogens is 1. The van der Waals surface area contributed by atoms with E-state index in [4.69, 9.17) is 30.9 Å². The van der Waals surface area contributed by atoms with Gasteiger partial charge in [-0.05, 0) is 12.5 Å². The molecule has 0 aliphatic carbocycles. The van der Waals surface area contributed by atoms with Gasteiger partial charge in [-0.3, -0.25) is 0 Å². The maximum absolute atomic E-state index is 11.2. The summed E-state index contributed by atoms with van der Waals surface area (Å²) >= 11 is 5.82. The van der Waals surface area contributed by atoms with Crippen molar-refractivity contribution in [3.05, 3.63) is 22.7 Å². The Morgan fingerprint density at radius 1 is 1.32 bits per heavy atom. The number of rotatable bonds is 8. The number of aromatic carboxylic acids is 1. The summed E-state index contributed by atoms with van der Waals surface area (Å²) in [4.78, 5) is 11.2. The van der Waals surface area contributed by atoms with Crippen LogP contribution in [0, 0.1) is 0 Å². The van der Waals surface area contributed by atoms with Crippen LogP contribution in [-0.4, -0.2) is 38.0 Å². The van der Waals surface area contributed by atoms with Gasteiger partial charge in [0.2, 0.25) is 0 Å². The number of hydrogen-bond acceptors (Lipinski definition) is 4. The summed E-state index contributed by atoms with van der Waals surface area (Å²) in [6.45, 7) is 3.29. The van der Waals surface area contributed by atoms with Gasteiger partial charge in [0.15, 0.2) is 11.5 Å². The minimum atomic E-state index is -1.12. The average molecular weight is 289 g/mol. The van der Waals surface area contributed by atoms with E-state index in [1.165, 1.54) is 19.2 Å². The number of carboxylic acid groups (broad SMARTS) is 1. The number of carbonyl (C=O) groups is 1. The summed E-state index contributed by atoms with van der Waals surface area (Å²) < 4.78 is 15.8. The summed E-state index contributed by atoms with van der Waals surface area (Å²) in [5, 5.41) is 9.41.